The van der Waals surface area contributed by atoms with E-state index in [1.165, 1.54) is 0 Å². The van der Waals surface area contributed by atoms with Gasteiger partial charge in [-0.3, -0.25) is 9.59 Å². The Morgan fingerprint density at radius 1 is 1.08 bits per heavy atom. The van der Waals surface area contributed by atoms with E-state index in [4.69, 9.17) is 4.74 Å². The first-order valence-electron chi connectivity index (χ1n) is 8.80. The minimum absolute atomic E-state index is 0.0666. The number of aryl methyl sites for hydroxylation is 1. The predicted molar refractivity (Wildman–Crippen MR) is 106 cm³/mol. The number of carbonyl (C=O) groups is 2. The minimum atomic E-state index is -0.384. The molecule has 0 aromatic heterocycles. The second-order valence-electron chi connectivity index (χ2n) is 6.03. The molecule has 4 nitrogen and oxygen atoms in total. The van der Waals surface area contributed by atoms with Gasteiger partial charge in [-0.05, 0) is 37.0 Å². The van der Waals surface area contributed by atoms with Crippen LogP contribution < -0.4 is 5.32 Å². The van der Waals surface area contributed by atoms with E-state index in [1.807, 2.05) is 54.6 Å². The van der Waals surface area contributed by atoms with Crippen molar-refractivity contribution in [1.82, 2.24) is 5.32 Å². The lowest BCUT2D eigenvalue weighted by atomic mass is 9.99. The maximum absolute atomic E-state index is 12.2. The molecule has 26 heavy (non-hydrogen) atoms. The number of esters is 1. The topological polar surface area (TPSA) is 55.4 Å². The second kappa shape index (κ2) is 10.8. The normalized spacial score (nSPS) is 11.6. The molecule has 5 heteroatoms. The number of hydrogen-bond acceptors (Lipinski definition) is 3. The van der Waals surface area contributed by atoms with Gasteiger partial charge in [0.25, 0.3) is 0 Å². The van der Waals surface area contributed by atoms with Crippen molar-refractivity contribution in [3.05, 3.63) is 70.2 Å². The first-order chi connectivity index (χ1) is 12.6. The van der Waals surface area contributed by atoms with Crippen molar-refractivity contribution < 1.29 is 14.3 Å². The Balaban J connectivity index is 1.88. The third-order valence-electron chi connectivity index (χ3n) is 4.07. The molecule has 1 N–H and O–H groups in total. The van der Waals surface area contributed by atoms with E-state index in [0.29, 0.717) is 25.9 Å². The van der Waals surface area contributed by atoms with Gasteiger partial charge in [0.2, 0.25) is 5.91 Å². The van der Waals surface area contributed by atoms with Crippen LogP contribution in [0.5, 0.6) is 0 Å². The average Bonchev–Trinajstić information content (AvgIpc) is 2.65. The maximum atomic E-state index is 12.2. The molecule has 0 aliphatic heterocycles. The van der Waals surface area contributed by atoms with E-state index in [-0.39, 0.29) is 24.3 Å². The van der Waals surface area contributed by atoms with Crippen molar-refractivity contribution in [1.29, 1.82) is 0 Å². The lowest BCUT2D eigenvalue weighted by Gasteiger charge is -2.16. The van der Waals surface area contributed by atoms with Crippen molar-refractivity contribution in [3.63, 3.8) is 0 Å². The summed E-state index contributed by atoms with van der Waals surface area (Å²) in [6.45, 7) is 2.40. The molecule has 0 aliphatic rings. The summed E-state index contributed by atoms with van der Waals surface area (Å²) in [5.41, 5.74) is 2.14. The molecule has 0 bridgehead atoms. The van der Waals surface area contributed by atoms with Gasteiger partial charge in [0.15, 0.2) is 0 Å². The number of halogens is 1. The van der Waals surface area contributed by atoms with Crippen LogP contribution in [0.25, 0.3) is 0 Å². The van der Waals surface area contributed by atoms with Crippen LogP contribution in [0, 0.1) is 5.92 Å². The van der Waals surface area contributed by atoms with E-state index >= 15 is 0 Å². The molecule has 138 valence electrons. The molecule has 0 saturated carbocycles. The van der Waals surface area contributed by atoms with Crippen LogP contribution in [0.15, 0.2) is 59.1 Å². The fourth-order valence-electron chi connectivity index (χ4n) is 2.67. The Labute approximate surface area is 163 Å². The van der Waals surface area contributed by atoms with Gasteiger partial charge in [0.1, 0.15) is 0 Å². The van der Waals surface area contributed by atoms with Gasteiger partial charge in [-0.15, -0.1) is 0 Å². The van der Waals surface area contributed by atoms with Crippen LogP contribution in [-0.4, -0.2) is 25.0 Å². The largest absolute Gasteiger partial charge is 0.466 e. The molecule has 2 aromatic carbocycles. The van der Waals surface area contributed by atoms with E-state index < -0.39 is 0 Å². The summed E-state index contributed by atoms with van der Waals surface area (Å²) < 4.78 is 6.16. The van der Waals surface area contributed by atoms with Gasteiger partial charge >= 0.3 is 5.97 Å². The summed E-state index contributed by atoms with van der Waals surface area (Å²) in [4.78, 5) is 24.4. The monoisotopic (exact) mass is 417 g/mol. The molecule has 2 rings (SSSR count). The molecule has 0 heterocycles. The van der Waals surface area contributed by atoms with Crippen LogP contribution in [0.2, 0.25) is 0 Å². The molecule has 1 unspecified atom stereocenters. The number of rotatable bonds is 9. The van der Waals surface area contributed by atoms with Crippen LogP contribution in [0.1, 0.15) is 24.5 Å². The molecular formula is C21H24BrNO3. The van der Waals surface area contributed by atoms with Gasteiger partial charge in [-0.1, -0.05) is 64.5 Å². The highest BCUT2D eigenvalue weighted by molar-refractivity contribution is 9.10. The van der Waals surface area contributed by atoms with Crippen molar-refractivity contribution in [2.75, 3.05) is 13.2 Å². The summed E-state index contributed by atoms with van der Waals surface area (Å²) in [7, 11) is 0. The van der Waals surface area contributed by atoms with Crippen LogP contribution in [-0.2, 0) is 27.2 Å². The number of ether oxygens (including phenoxy) is 1. The van der Waals surface area contributed by atoms with Gasteiger partial charge in [0.05, 0.1) is 12.5 Å². The van der Waals surface area contributed by atoms with E-state index in [1.54, 1.807) is 6.92 Å². The zero-order valence-electron chi connectivity index (χ0n) is 14.9. The smallest absolute Gasteiger partial charge is 0.311 e. The molecule has 0 fully saturated rings. The number of amides is 1. The number of benzene rings is 2. The summed E-state index contributed by atoms with van der Waals surface area (Å²) in [5, 5.41) is 2.88. The molecule has 2 aromatic rings. The molecule has 0 spiro atoms. The molecule has 0 radical (unpaired) electrons. The number of nitrogens with one attached hydrogen (secondary N) is 1. The van der Waals surface area contributed by atoms with Crippen molar-refractivity contribution in [2.45, 2.75) is 26.2 Å². The number of hydrogen-bond donors (Lipinski definition) is 1. The van der Waals surface area contributed by atoms with E-state index in [0.717, 1.165) is 15.6 Å². The maximum Gasteiger partial charge on any atom is 0.311 e. The summed E-state index contributed by atoms with van der Waals surface area (Å²) in [6.07, 6.45) is 1.57. The summed E-state index contributed by atoms with van der Waals surface area (Å²) in [6, 6.07) is 17.6. The first kappa shape index (κ1) is 20.2. The Kier molecular flexibility index (Phi) is 8.35. The van der Waals surface area contributed by atoms with Gasteiger partial charge in [-0.2, -0.15) is 0 Å². The van der Waals surface area contributed by atoms with Crippen molar-refractivity contribution in [3.8, 4) is 0 Å². The van der Waals surface area contributed by atoms with Gasteiger partial charge in [0, 0.05) is 17.4 Å². The van der Waals surface area contributed by atoms with Crippen LogP contribution in [0.3, 0.4) is 0 Å². The van der Waals surface area contributed by atoms with Crippen LogP contribution >= 0.6 is 15.9 Å². The second-order valence-corrected chi connectivity index (χ2v) is 6.89. The van der Waals surface area contributed by atoms with Gasteiger partial charge < -0.3 is 10.1 Å². The fourth-order valence-corrected chi connectivity index (χ4v) is 3.16. The molecular weight excluding hydrogens is 394 g/mol. The van der Waals surface area contributed by atoms with E-state index in [2.05, 4.69) is 21.2 Å². The molecule has 0 saturated heterocycles. The predicted octanol–water partition coefficient (Wildman–Crippen LogP) is 3.92. The first-order valence-corrected chi connectivity index (χ1v) is 9.60. The highest BCUT2D eigenvalue weighted by Gasteiger charge is 2.21. The highest BCUT2D eigenvalue weighted by atomic mass is 79.9. The van der Waals surface area contributed by atoms with Crippen LogP contribution in [0.4, 0.5) is 0 Å². The third-order valence-corrected chi connectivity index (χ3v) is 4.84. The SMILES string of the molecule is CCOC(=O)C(CNC(=O)CCc1ccccc1Br)Cc1ccccc1. The summed E-state index contributed by atoms with van der Waals surface area (Å²) >= 11 is 3.49. The lowest BCUT2D eigenvalue weighted by Crippen LogP contribution is -2.35. The highest BCUT2D eigenvalue weighted by Crippen LogP contribution is 2.17. The zero-order chi connectivity index (χ0) is 18.8. The average molecular weight is 418 g/mol. The number of carbonyl (C=O) groups excluding carboxylic acids is 2. The van der Waals surface area contributed by atoms with Gasteiger partial charge in [-0.25, -0.2) is 0 Å². The summed E-state index contributed by atoms with van der Waals surface area (Å²) in [5.74, 6) is -0.727. The van der Waals surface area contributed by atoms with E-state index in [9.17, 15) is 9.59 Å². The molecule has 0 aliphatic carbocycles. The Hall–Kier alpha value is -2.14. The zero-order valence-corrected chi connectivity index (χ0v) is 16.5. The van der Waals surface area contributed by atoms with Crippen molar-refractivity contribution in [2.24, 2.45) is 5.92 Å². The minimum Gasteiger partial charge on any atom is -0.466 e. The Morgan fingerprint density at radius 3 is 2.46 bits per heavy atom. The fraction of sp³-hybridized carbons (Fsp3) is 0.333. The Morgan fingerprint density at radius 2 is 1.77 bits per heavy atom. The van der Waals surface area contributed by atoms with Crippen molar-refractivity contribution >= 4 is 27.8 Å². The Bertz CT molecular complexity index is 718. The quantitative estimate of drug-likeness (QED) is 0.628. The lowest BCUT2D eigenvalue weighted by molar-refractivity contribution is -0.147. The molecule has 1 amide bonds. The third kappa shape index (κ3) is 6.64. The standard InChI is InChI=1S/C21H24BrNO3/c1-2-26-21(25)18(14-16-8-4-3-5-9-16)15-23-20(24)13-12-17-10-6-7-11-19(17)22/h3-11,18H,2,12-15H2,1H3,(H,23,24). The molecule has 1 atom stereocenters.